The van der Waals surface area contributed by atoms with Gasteiger partial charge in [0.25, 0.3) is 0 Å². The Kier molecular flexibility index (Phi) is 8.42. The fourth-order valence-electron chi connectivity index (χ4n) is 3.49. The van der Waals surface area contributed by atoms with Gasteiger partial charge in [0.05, 0.1) is 0 Å². The van der Waals surface area contributed by atoms with Crippen LogP contribution in [0.1, 0.15) is 42.0 Å². The molecule has 1 heterocycles. The molecule has 1 aliphatic heterocycles. The minimum atomic E-state index is -1.82. The Balaban J connectivity index is 0.000000469. The van der Waals surface area contributed by atoms with Crippen molar-refractivity contribution in [3.63, 3.8) is 0 Å². The van der Waals surface area contributed by atoms with Crippen LogP contribution in [0.4, 0.5) is 5.69 Å². The van der Waals surface area contributed by atoms with Crippen LogP contribution in [0.2, 0.25) is 0 Å². The summed E-state index contributed by atoms with van der Waals surface area (Å²) in [7, 11) is 0. The Morgan fingerprint density at radius 2 is 1.47 bits per heavy atom. The number of piperazine rings is 1. The minimum absolute atomic E-state index is 0.611. The summed E-state index contributed by atoms with van der Waals surface area (Å²) in [6.07, 6.45) is 0. The first-order chi connectivity index (χ1) is 14.2. The van der Waals surface area contributed by atoms with E-state index in [0.717, 1.165) is 32.7 Å². The highest BCUT2D eigenvalue weighted by Crippen LogP contribution is 2.24. The van der Waals surface area contributed by atoms with Crippen molar-refractivity contribution in [2.45, 2.75) is 40.2 Å². The van der Waals surface area contributed by atoms with E-state index in [2.05, 4.69) is 80.0 Å². The standard InChI is InChI=1S/C22H30N2.C2H2O4/c1-17(2)21-10-8-20(9-11-21)16-23-12-14-24(15-13-23)22-7-5-6-18(3)19(22)4;3-1(4)2(5)6/h5-11,17H,12-16H2,1-4H3;(H,3,4)(H,5,6). The molecule has 162 valence electrons. The lowest BCUT2D eigenvalue weighted by atomic mass is 10.0. The maximum absolute atomic E-state index is 9.10. The second-order valence-electron chi connectivity index (χ2n) is 7.99. The molecular formula is C24H32N2O4. The molecule has 3 rings (SSSR count). The number of aryl methyl sites for hydroxylation is 1. The van der Waals surface area contributed by atoms with Crippen molar-refractivity contribution in [3.8, 4) is 0 Å². The number of rotatable bonds is 4. The highest BCUT2D eigenvalue weighted by Gasteiger charge is 2.18. The van der Waals surface area contributed by atoms with Gasteiger partial charge in [0.15, 0.2) is 0 Å². The van der Waals surface area contributed by atoms with Gasteiger partial charge in [0.2, 0.25) is 0 Å². The predicted octanol–water partition coefficient (Wildman–Crippen LogP) is 3.90. The van der Waals surface area contributed by atoms with E-state index in [4.69, 9.17) is 19.8 Å². The molecule has 1 aliphatic rings. The van der Waals surface area contributed by atoms with E-state index in [9.17, 15) is 0 Å². The van der Waals surface area contributed by atoms with Crippen LogP contribution >= 0.6 is 0 Å². The predicted molar refractivity (Wildman–Crippen MR) is 119 cm³/mol. The van der Waals surface area contributed by atoms with Gasteiger partial charge < -0.3 is 15.1 Å². The number of benzene rings is 2. The highest BCUT2D eigenvalue weighted by molar-refractivity contribution is 6.27. The zero-order chi connectivity index (χ0) is 22.3. The number of aliphatic carboxylic acids is 2. The summed E-state index contributed by atoms with van der Waals surface area (Å²) in [5.74, 6) is -3.04. The van der Waals surface area contributed by atoms with Crippen molar-refractivity contribution in [1.29, 1.82) is 0 Å². The topological polar surface area (TPSA) is 81.1 Å². The van der Waals surface area contributed by atoms with Gasteiger partial charge in [0.1, 0.15) is 0 Å². The third kappa shape index (κ3) is 6.59. The van der Waals surface area contributed by atoms with E-state index < -0.39 is 11.9 Å². The maximum Gasteiger partial charge on any atom is 0.414 e. The summed E-state index contributed by atoms with van der Waals surface area (Å²) in [4.78, 5) is 23.3. The summed E-state index contributed by atoms with van der Waals surface area (Å²) in [5.41, 5.74) is 7.09. The smallest absolute Gasteiger partial charge is 0.414 e. The third-order valence-corrected chi connectivity index (χ3v) is 5.52. The van der Waals surface area contributed by atoms with Gasteiger partial charge in [-0.1, -0.05) is 50.2 Å². The molecule has 30 heavy (non-hydrogen) atoms. The quantitative estimate of drug-likeness (QED) is 0.741. The normalized spacial score (nSPS) is 14.2. The van der Waals surface area contributed by atoms with E-state index >= 15 is 0 Å². The molecular weight excluding hydrogens is 380 g/mol. The number of nitrogens with zero attached hydrogens (tertiary/aromatic N) is 2. The first-order valence-electron chi connectivity index (χ1n) is 10.3. The van der Waals surface area contributed by atoms with Gasteiger partial charge >= 0.3 is 11.9 Å². The van der Waals surface area contributed by atoms with Crippen LogP contribution in [-0.2, 0) is 16.1 Å². The summed E-state index contributed by atoms with van der Waals surface area (Å²) in [6.45, 7) is 14.5. The Hall–Kier alpha value is -2.86. The third-order valence-electron chi connectivity index (χ3n) is 5.52. The van der Waals surface area contributed by atoms with Gasteiger partial charge in [-0.2, -0.15) is 0 Å². The molecule has 1 saturated heterocycles. The summed E-state index contributed by atoms with van der Waals surface area (Å²) in [5, 5.41) is 14.8. The van der Waals surface area contributed by atoms with Gasteiger partial charge in [-0.3, -0.25) is 4.90 Å². The van der Waals surface area contributed by atoms with Gasteiger partial charge in [0, 0.05) is 38.4 Å². The molecule has 0 aliphatic carbocycles. The van der Waals surface area contributed by atoms with Crippen LogP contribution in [0.3, 0.4) is 0 Å². The second kappa shape index (κ2) is 10.8. The molecule has 6 heteroatoms. The van der Waals surface area contributed by atoms with E-state index in [1.807, 2.05) is 0 Å². The van der Waals surface area contributed by atoms with Crippen LogP contribution in [0.25, 0.3) is 0 Å². The van der Waals surface area contributed by atoms with Crippen molar-refractivity contribution in [2.24, 2.45) is 0 Å². The summed E-state index contributed by atoms with van der Waals surface area (Å²) < 4.78 is 0. The van der Waals surface area contributed by atoms with Crippen molar-refractivity contribution in [2.75, 3.05) is 31.1 Å². The fraction of sp³-hybridized carbons (Fsp3) is 0.417. The second-order valence-corrected chi connectivity index (χ2v) is 7.99. The van der Waals surface area contributed by atoms with Crippen LogP contribution < -0.4 is 4.90 Å². The van der Waals surface area contributed by atoms with Crippen molar-refractivity contribution in [3.05, 3.63) is 64.7 Å². The van der Waals surface area contributed by atoms with Crippen molar-refractivity contribution >= 4 is 17.6 Å². The summed E-state index contributed by atoms with van der Waals surface area (Å²) >= 11 is 0. The number of hydrogen-bond donors (Lipinski definition) is 2. The molecule has 1 fully saturated rings. The molecule has 2 aromatic carbocycles. The molecule has 0 aromatic heterocycles. The monoisotopic (exact) mass is 412 g/mol. The lowest BCUT2D eigenvalue weighted by molar-refractivity contribution is -0.159. The summed E-state index contributed by atoms with van der Waals surface area (Å²) in [6, 6.07) is 15.8. The Morgan fingerprint density at radius 3 is 1.97 bits per heavy atom. The maximum atomic E-state index is 9.10. The zero-order valence-electron chi connectivity index (χ0n) is 18.3. The number of anilines is 1. The highest BCUT2D eigenvalue weighted by atomic mass is 16.4. The SMILES string of the molecule is Cc1cccc(N2CCN(Cc3ccc(C(C)C)cc3)CC2)c1C.O=C(O)C(=O)O. The van der Waals surface area contributed by atoms with Crippen molar-refractivity contribution < 1.29 is 19.8 Å². The molecule has 6 nitrogen and oxygen atoms in total. The van der Waals surface area contributed by atoms with Crippen LogP contribution in [0, 0.1) is 13.8 Å². The molecule has 2 N–H and O–H groups in total. The minimum Gasteiger partial charge on any atom is -0.473 e. The number of carboxylic acid groups (broad SMARTS) is 2. The molecule has 0 bridgehead atoms. The number of carboxylic acids is 2. The molecule has 0 saturated carbocycles. The van der Waals surface area contributed by atoms with E-state index in [1.54, 1.807) is 0 Å². The van der Waals surface area contributed by atoms with Crippen LogP contribution in [0.5, 0.6) is 0 Å². The Morgan fingerprint density at radius 1 is 0.900 bits per heavy atom. The Labute approximate surface area is 178 Å². The van der Waals surface area contributed by atoms with Gasteiger partial charge in [-0.05, 0) is 48.1 Å². The van der Waals surface area contributed by atoms with E-state index in [0.29, 0.717) is 5.92 Å². The first kappa shape index (κ1) is 23.4. The first-order valence-corrected chi connectivity index (χ1v) is 10.3. The molecule has 0 amide bonds. The fourth-order valence-corrected chi connectivity index (χ4v) is 3.49. The van der Waals surface area contributed by atoms with E-state index in [1.165, 1.54) is 27.9 Å². The molecule has 0 spiro atoms. The lowest BCUT2D eigenvalue weighted by Gasteiger charge is -2.37. The molecule has 2 aromatic rings. The zero-order valence-corrected chi connectivity index (χ0v) is 18.3. The van der Waals surface area contributed by atoms with Crippen LogP contribution in [0.15, 0.2) is 42.5 Å². The number of carbonyl (C=O) groups is 2. The van der Waals surface area contributed by atoms with Gasteiger partial charge in [-0.15, -0.1) is 0 Å². The van der Waals surface area contributed by atoms with Gasteiger partial charge in [-0.25, -0.2) is 9.59 Å². The number of hydrogen-bond acceptors (Lipinski definition) is 4. The Bertz CT molecular complexity index is 842. The van der Waals surface area contributed by atoms with E-state index in [-0.39, 0.29) is 0 Å². The average molecular weight is 413 g/mol. The molecule has 0 unspecified atom stereocenters. The lowest BCUT2D eigenvalue weighted by Crippen LogP contribution is -2.46. The molecule has 0 atom stereocenters. The van der Waals surface area contributed by atoms with Crippen LogP contribution in [-0.4, -0.2) is 53.2 Å². The largest absolute Gasteiger partial charge is 0.473 e. The van der Waals surface area contributed by atoms with Crippen molar-refractivity contribution in [1.82, 2.24) is 4.90 Å². The molecule has 0 radical (unpaired) electrons. The average Bonchev–Trinajstić information content (AvgIpc) is 2.71.